The topological polar surface area (TPSA) is 82.2 Å². The number of nitrogens with zero attached hydrogens (tertiary/aromatic N) is 3. The molecule has 0 atom stereocenters. The van der Waals surface area contributed by atoms with Crippen LogP contribution in [0, 0.1) is 0 Å². The molecule has 0 saturated heterocycles. The Hall–Kier alpha value is -2.83. The number of urea groups is 1. The van der Waals surface area contributed by atoms with Gasteiger partial charge >= 0.3 is 6.03 Å². The Balaban J connectivity index is 1.29. The quantitative estimate of drug-likeness (QED) is 0.620. The maximum absolute atomic E-state index is 12.4. The Morgan fingerprint density at radius 3 is 2.56 bits per heavy atom. The fourth-order valence-electron chi connectivity index (χ4n) is 4.79. The minimum Gasteiger partial charge on any atom is -0.362 e. The van der Waals surface area contributed by atoms with Crippen LogP contribution in [0.2, 0.25) is 0 Å². The van der Waals surface area contributed by atoms with Gasteiger partial charge in [0.25, 0.3) is 0 Å². The van der Waals surface area contributed by atoms with E-state index in [2.05, 4.69) is 47.9 Å². The molecular weight excluding hydrogens is 400 g/mol. The molecule has 2 aromatic rings. The van der Waals surface area contributed by atoms with Gasteiger partial charge in [-0.3, -0.25) is 0 Å². The summed E-state index contributed by atoms with van der Waals surface area (Å²) in [5.74, 6) is 1.80. The van der Waals surface area contributed by atoms with Gasteiger partial charge in [0.15, 0.2) is 0 Å². The van der Waals surface area contributed by atoms with Crippen LogP contribution in [0.4, 0.5) is 22.2 Å². The van der Waals surface area contributed by atoms with E-state index >= 15 is 0 Å². The Labute approximate surface area is 191 Å². The molecule has 2 aliphatic rings. The third kappa shape index (κ3) is 5.50. The second kappa shape index (κ2) is 10.2. The fourth-order valence-corrected chi connectivity index (χ4v) is 4.79. The van der Waals surface area contributed by atoms with Crippen molar-refractivity contribution in [3.8, 4) is 0 Å². The van der Waals surface area contributed by atoms with Crippen molar-refractivity contribution in [3.05, 3.63) is 41.1 Å². The lowest BCUT2D eigenvalue weighted by atomic mass is 9.91. The molecule has 172 valence electrons. The van der Waals surface area contributed by atoms with Gasteiger partial charge in [0.2, 0.25) is 5.95 Å². The maximum atomic E-state index is 12.4. The predicted octanol–water partition coefficient (Wildman–Crippen LogP) is 4.53. The Bertz CT molecular complexity index is 936. The van der Waals surface area contributed by atoms with E-state index in [-0.39, 0.29) is 12.1 Å². The summed E-state index contributed by atoms with van der Waals surface area (Å²) in [7, 11) is 4.11. The molecule has 2 amide bonds. The first kappa shape index (κ1) is 22.4. The third-order valence-corrected chi connectivity index (χ3v) is 6.57. The van der Waals surface area contributed by atoms with Gasteiger partial charge in [0.1, 0.15) is 5.82 Å². The molecular formula is C25H36N6O. The minimum absolute atomic E-state index is 0.122. The standard InChI is InChI=1S/C25H36N6O/c1-4-17-8-7-9-20(16-17)28-25(32)27-19-14-12-18(13-15-19)26-24-29-22-11-6-5-10-21(22)23(30-24)31(2)3/h7-9,16,18-19H,4-6,10-15H2,1-3H3,(H,26,29,30)(H2,27,28,32). The number of carbonyl (C=O) groups excluding carboxylic acids is 1. The number of fused-ring (bicyclic) bond motifs is 1. The minimum atomic E-state index is -0.122. The highest BCUT2D eigenvalue weighted by Gasteiger charge is 2.25. The van der Waals surface area contributed by atoms with Gasteiger partial charge in [-0.15, -0.1) is 0 Å². The number of anilines is 3. The van der Waals surface area contributed by atoms with Crippen LogP contribution in [0.1, 0.15) is 62.3 Å². The van der Waals surface area contributed by atoms with Gasteiger partial charge in [-0.2, -0.15) is 4.98 Å². The highest BCUT2D eigenvalue weighted by atomic mass is 16.2. The predicted molar refractivity (Wildman–Crippen MR) is 131 cm³/mol. The van der Waals surface area contributed by atoms with E-state index < -0.39 is 0 Å². The van der Waals surface area contributed by atoms with Gasteiger partial charge in [-0.25, -0.2) is 9.78 Å². The zero-order valence-corrected chi connectivity index (χ0v) is 19.6. The summed E-state index contributed by atoms with van der Waals surface area (Å²) in [6.07, 6.45) is 9.39. The summed E-state index contributed by atoms with van der Waals surface area (Å²) in [5, 5.41) is 9.68. The molecule has 32 heavy (non-hydrogen) atoms. The van der Waals surface area contributed by atoms with Crippen LogP contribution < -0.4 is 20.9 Å². The number of rotatable bonds is 6. The van der Waals surface area contributed by atoms with Crippen molar-refractivity contribution < 1.29 is 4.79 Å². The lowest BCUT2D eigenvalue weighted by Crippen LogP contribution is -2.42. The van der Waals surface area contributed by atoms with E-state index in [0.717, 1.165) is 62.4 Å². The van der Waals surface area contributed by atoms with Crippen molar-refractivity contribution in [1.29, 1.82) is 0 Å². The molecule has 7 nitrogen and oxygen atoms in total. The summed E-state index contributed by atoms with van der Waals surface area (Å²) in [6.45, 7) is 2.11. The highest BCUT2D eigenvalue weighted by Crippen LogP contribution is 2.29. The third-order valence-electron chi connectivity index (χ3n) is 6.57. The second-order valence-corrected chi connectivity index (χ2v) is 9.24. The molecule has 1 fully saturated rings. The lowest BCUT2D eigenvalue weighted by Gasteiger charge is -2.30. The zero-order valence-electron chi connectivity index (χ0n) is 19.6. The molecule has 7 heteroatoms. The number of carbonyl (C=O) groups is 1. The zero-order chi connectivity index (χ0) is 22.5. The van der Waals surface area contributed by atoms with Gasteiger partial charge in [-0.05, 0) is 75.5 Å². The molecule has 0 aliphatic heterocycles. The number of amides is 2. The average molecular weight is 437 g/mol. The number of benzene rings is 1. The maximum Gasteiger partial charge on any atom is 0.319 e. The largest absolute Gasteiger partial charge is 0.362 e. The van der Waals surface area contributed by atoms with Crippen LogP contribution in [0.25, 0.3) is 0 Å². The van der Waals surface area contributed by atoms with E-state index in [4.69, 9.17) is 9.97 Å². The van der Waals surface area contributed by atoms with Crippen LogP contribution in [-0.2, 0) is 19.3 Å². The van der Waals surface area contributed by atoms with Crippen molar-refractivity contribution in [2.75, 3.05) is 29.6 Å². The summed E-state index contributed by atoms with van der Waals surface area (Å²) in [4.78, 5) is 24.2. The lowest BCUT2D eigenvalue weighted by molar-refractivity contribution is 0.243. The van der Waals surface area contributed by atoms with Crippen LogP contribution in [0.5, 0.6) is 0 Å². The van der Waals surface area contributed by atoms with Crippen molar-refractivity contribution >= 4 is 23.5 Å². The van der Waals surface area contributed by atoms with Crippen molar-refractivity contribution in [1.82, 2.24) is 15.3 Å². The van der Waals surface area contributed by atoms with Crippen LogP contribution >= 0.6 is 0 Å². The molecule has 1 heterocycles. The van der Waals surface area contributed by atoms with Crippen molar-refractivity contribution in [3.63, 3.8) is 0 Å². The summed E-state index contributed by atoms with van der Waals surface area (Å²) in [6, 6.07) is 8.43. The van der Waals surface area contributed by atoms with Gasteiger partial charge in [0.05, 0.1) is 5.69 Å². The highest BCUT2D eigenvalue weighted by molar-refractivity contribution is 5.89. The second-order valence-electron chi connectivity index (χ2n) is 9.24. The molecule has 0 unspecified atom stereocenters. The first-order chi connectivity index (χ1) is 15.5. The first-order valence-electron chi connectivity index (χ1n) is 12.0. The van der Waals surface area contributed by atoms with Crippen molar-refractivity contribution in [2.24, 2.45) is 0 Å². The molecule has 3 N–H and O–H groups in total. The van der Waals surface area contributed by atoms with E-state index in [9.17, 15) is 4.79 Å². The molecule has 0 bridgehead atoms. The molecule has 4 rings (SSSR count). The summed E-state index contributed by atoms with van der Waals surface area (Å²) in [5.41, 5.74) is 4.58. The monoisotopic (exact) mass is 436 g/mol. The SMILES string of the molecule is CCc1cccc(NC(=O)NC2CCC(Nc3nc4c(c(N(C)C)n3)CCCC4)CC2)c1. The molecule has 1 aromatic carbocycles. The van der Waals surface area contributed by atoms with Gasteiger partial charge in [0, 0.05) is 37.4 Å². The Morgan fingerprint density at radius 1 is 1.06 bits per heavy atom. The van der Waals surface area contributed by atoms with E-state index in [1.165, 1.54) is 29.7 Å². The summed E-state index contributed by atoms with van der Waals surface area (Å²) >= 11 is 0. The fraction of sp³-hybridized carbons (Fsp3) is 0.560. The number of aryl methyl sites for hydroxylation is 2. The van der Waals surface area contributed by atoms with Crippen LogP contribution in [0.15, 0.2) is 24.3 Å². The Kier molecular flexibility index (Phi) is 7.12. The molecule has 0 spiro atoms. The molecule has 1 saturated carbocycles. The molecule has 1 aromatic heterocycles. The van der Waals surface area contributed by atoms with Crippen molar-refractivity contribution in [2.45, 2.75) is 76.8 Å². The average Bonchev–Trinajstić information content (AvgIpc) is 2.80. The van der Waals surface area contributed by atoms with Crippen LogP contribution in [-0.4, -0.2) is 42.2 Å². The normalized spacial score (nSPS) is 20.2. The first-order valence-corrected chi connectivity index (χ1v) is 12.0. The van der Waals surface area contributed by atoms with Gasteiger partial charge in [-0.1, -0.05) is 19.1 Å². The van der Waals surface area contributed by atoms with E-state index in [1.807, 2.05) is 18.2 Å². The smallest absolute Gasteiger partial charge is 0.319 e. The summed E-state index contributed by atoms with van der Waals surface area (Å²) < 4.78 is 0. The number of aromatic nitrogens is 2. The van der Waals surface area contributed by atoms with E-state index in [0.29, 0.717) is 6.04 Å². The van der Waals surface area contributed by atoms with E-state index in [1.54, 1.807) is 0 Å². The van der Waals surface area contributed by atoms with Gasteiger partial charge < -0.3 is 20.9 Å². The molecule has 0 radical (unpaired) electrons. The van der Waals surface area contributed by atoms with Crippen LogP contribution in [0.3, 0.4) is 0 Å². The number of hydrogen-bond acceptors (Lipinski definition) is 5. The number of nitrogens with one attached hydrogen (secondary N) is 3. The number of hydrogen-bond donors (Lipinski definition) is 3. The Morgan fingerprint density at radius 2 is 1.81 bits per heavy atom. The molecule has 2 aliphatic carbocycles.